The standard InChI is InChI=1S/C34H43F3O/c1-3-5-6-7-26-10-16-29(17-11-26)30-18-12-27(13-19-30)24-38-34(36,37)33(35)32-22-20-31(21-23-32)28-14-8-25(4-2)9-15-28/h3-5,12-13,18-23,25-26,28-29,33H,2,6-11,14-17,24H2,1H3/b5-3+. The summed E-state index contributed by atoms with van der Waals surface area (Å²) in [6, 6.07) is 14.3. The average Bonchev–Trinajstić information content (AvgIpc) is 2.97. The van der Waals surface area contributed by atoms with Crippen LogP contribution in [0.25, 0.3) is 0 Å². The molecule has 4 rings (SSSR count). The highest BCUT2D eigenvalue weighted by Gasteiger charge is 2.43. The second-order valence-corrected chi connectivity index (χ2v) is 11.3. The predicted octanol–water partition coefficient (Wildman–Crippen LogP) is 10.6. The number of halogens is 3. The van der Waals surface area contributed by atoms with Crippen LogP contribution in [-0.4, -0.2) is 6.11 Å². The molecule has 0 radical (unpaired) electrons. The van der Waals surface area contributed by atoms with E-state index >= 15 is 0 Å². The number of alkyl halides is 3. The van der Waals surface area contributed by atoms with Gasteiger partial charge in [0.15, 0.2) is 0 Å². The summed E-state index contributed by atoms with van der Waals surface area (Å²) >= 11 is 0. The molecule has 0 amide bonds. The van der Waals surface area contributed by atoms with Crippen LogP contribution >= 0.6 is 0 Å². The van der Waals surface area contributed by atoms with E-state index in [-0.39, 0.29) is 12.2 Å². The molecule has 1 atom stereocenters. The summed E-state index contributed by atoms with van der Waals surface area (Å²) in [6.07, 6.45) is 11.5. The maximum Gasteiger partial charge on any atom is 0.391 e. The van der Waals surface area contributed by atoms with Crippen molar-refractivity contribution in [2.24, 2.45) is 11.8 Å². The molecule has 0 aromatic heterocycles. The topological polar surface area (TPSA) is 9.23 Å². The van der Waals surface area contributed by atoms with E-state index in [1.807, 2.05) is 30.3 Å². The molecule has 4 heteroatoms. The van der Waals surface area contributed by atoms with E-state index < -0.39 is 12.3 Å². The zero-order valence-corrected chi connectivity index (χ0v) is 22.8. The quantitative estimate of drug-likeness (QED) is 0.266. The molecule has 0 aliphatic heterocycles. The fourth-order valence-corrected chi connectivity index (χ4v) is 6.24. The maximum atomic E-state index is 14.8. The molecule has 2 saturated carbocycles. The maximum absolute atomic E-state index is 14.8. The third-order valence-corrected chi connectivity index (χ3v) is 8.81. The second kappa shape index (κ2) is 13.6. The summed E-state index contributed by atoms with van der Waals surface area (Å²) in [5, 5.41) is 0. The lowest BCUT2D eigenvalue weighted by molar-refractivity contribution is -0.282. The summed E-state index contributed by atoms with van der Waals surface area (Å²) in [6.45, 7) is 5.62. The SMILES string of the molecule is C=CC1CCC(c2ccc(C(F)C(F)(F)OCc3ccc(C4CCC(CC/C=C/C)CC4)cc3)cc2)CC1. The van der Waals surface area contributed by atoms with Crippen LogP contribution in [0.2, 0.25) is 0 Å². The van der Waals surface area contributed by atoms with Crippen molar-refractivity contribution >= 4 is 0 Å². The zero-order valence-electron chi connectivity index (χ0n) is 22.8. The van der Waals surface area contributed by atoms with Crippen molar-refractivity contribution in [3.05, 3.63) is 95.6 Å². The Morgan fingerprint density at radius 3 is 1.97 bits per heavy atom. The third-order valence-electron chi connectivity index (χ3n) is 8.81. The average molecular weight is 525 g/mol. The van der Waals surface area contributed by atoms with Crippen LogP contribution in [0.15, 0.2) is 73.3 Å². The number of allylic oxidation sites excluding steroid dienone is 3. The van der Waals surface area contributed by atoms with Gasteiger partial charge in [-0.3, -0.25) is 0 Å². The second-order valence-electron chi connectivity index (χ2n) is 11.3. The molecule has 2 fully saturated rings. The molecule has 1 unspecified atom stereocenters. The van der Waals surface area contributed by atoms with Crippen LogP contribution in [0.3, 0.4) is 0 Å². The van der Waals surface area contributed by atoms with Gasteiger partial charge in [-0.15, -0.1) is 6.58 Å². The fourth-order valence-electron chi connectivity index (χ4n) is 6.24. The van der Waals surface area contributed by atoms with E-state index in [1.54, 1.807) is 12.1 Å². The van der Waals surface area contributed by atoms with E-state index in [0.717, 1.165) is 43.6 Å². The fraction of sp³-hybridized carbons (Fsp3) is 0.529. The van der Waals surface area contributed by atoms with Crippen molar-refractivity contribution in [2.75, 3.05) is 0 Å². The number of benzene rings is 2. The van der Waals surface area contributed by atoms with E-state index in [1.165, 1.54) is 49.8 Å². The third kappa shape index (κ3) is 7.62. The van der Waals surface area contributed by atoms with Gasteiger partial charge in [-0.25, -0.2) is 4.39 Å². The molecule has 1 nitrogen and oxygen atoms in total. The Morgan fingerprint density at radius 2 is 1.42 bits per heavy atom. The van der Waals surface area contributed by atoms with E-state index in [2.05, 4.69) is 25.7 Å². The van der Waals surface area contributed by atoms with Crippen LogP contribution in [-0.2, 0) is 11.3 Å². The summed E-state index contributed by atoms with van der Waals surface area (Å²) in [5.41, 5.74) is 2.94. The van der Waals surface area contributed by atoms with Gasteiger partial charge in [0, 0.05) is 0 Å². The van der Waals surface area contributed by atoms with Crippen molar-refractivity contribution in [3.8, 4) is 0 Å². The Hall–Kier alpha value is -2.33. The summed E-state index contributed by atoms with van der Waals surface area (Å²) in [7, 11) is 0. The number of rotatable bonds is 11. The van der Waals surface area contributed by atoms with Crippen LogP contribution in [0, 0.1) is 11.8 Å². The van der Waals surface area contributed by atoms with Crippen LogP contribution < -0.4 is 0 Å². The van der Waals surface area contributed by atoms with Crippen LogP contribution in [0.1, 0.15) is 111 Å². The van der Waals surface area contributed by atoms with Gasteiger partial charge in [0.25, 0.3) is 0 Å². The summed E-state index contributed by atoms with van der Waals surface area (Å²) < 4.78 is 48.9. The van der Waals surface area contributed by atoms with Gasteiger partial charge in [0.05, 0.1) is 6.61 Å². The Labute approximate surface area is 227 Å². The number of ether oxygens (including phenoxy) is 1. The molecule has 2 aliphatic carbocycles. The summed E-state index contributed by atoms with van der Waals surface area (Å²) in [5.74, 6) is 2.29. The lowest BCUT2D eigenvalue weighted by Crippen LogP contribution is -2.27. The lowest BCUT2D eigenvalue weighted by Gasteiger charge is -2.28. The van der Waals surface area contributed by atoms with Gasteiger partial charge >= 0.3 is 6.11 Å². The predicted molar refractivity (Wildman–Crippen MR) is 150 cm³/mol. The van der Waals surface area contributed by atoms with Crippen molar-refractivity contribution in [1.82, 2.24) is 0 Å². The molecule has 206 valence electrons. The first kappa shape index (κ1) is 28.7. The van der Waals surface area contributed by atoms with Crippen LogP contribution in [0.5, 0.6) is 0 Å². The Balaban J connectivity index is 1.25. The smallest absolute Gasteiger partial charge is 0.313 e. The van der Waals surface area contributed by atoms with Gasteiger partial charge in [-0.2, -0.15) is 8.78 Å². The minimum Gasteiger partial charge on any atom is -0.313 e. The van der Waals surface area contributed by atoms with Gasteiger partial charge < -0.3 is 4.74 Å². The first-order valence-electron chi connectivity index (χ1n) is 14.5. The van der Waals surface area contributed by atoms with Crippen molar-refractivity contribution in [2.45, 2.75) is 102 Å². The first-order chi connectivity index (χ1) is 18.4. The zero-order chi connectivity index (χ0) is 27.0. The minimum absolute atomic E-state index is 0.0461. The molecule has 0 saturated heterocycles. The van der Waals surface area contributed by atoms with E-state index in [0.29, 0.717) is 23.3 Å². The highest BCUT2D eigenvalue weighted by atomic mass is 19.3. The number of hydrogen-bond donors (Lipinski definition) is 0. The van der Waals surface area contributed by atoms with Crippen molar-refractivity contribution in [1.29, 1.82) is 0 Å². The molecular weight excluding hydrogens is 481 g/mol. The first-order valence-corrected chi connectivity index (χ1v) is 14.5. The lowest BCUT2D eigenvalue weighted by atomic mass is 9.77. The Bertz CT molecular complexity index is 1010. The molecule has 0 bridgehead atoms. The Morgan fingerprint density at radius 1 is 0.868 bits per heavy atom. The number of hydrogen-bond acceptors (Lipinski definition) is 1. The minimum atomic E-state index is -3.90. The van der Waals surface area contributed by atoms with Crippen LogP contribution in [0.4, 0.5) is 13.2 Å². The van der Waals surface area contributed by atoms with Crippen molar-refractivity contribution < 1.29 is 17.9 Å². The molecule has 2 aromatic rings. The summed E-state index contributed by atoms with van der Waals surface area (Å²) in [4.78, 5) is 0. The molecule has 0 spiro atoms. The highest BCUT2D eigenvalue weighted by molar-refractivity contribution is 5.28. The molecule has 38 heavy (non-hydrogen) atoms. The molecule has 0 heterocycles. The van der Waals surface area contributed by atoms with E-state index in [9.17, 15) is 13.2 Å². The van der Waals surface area contributed by atoms with Gasteiger partial charge in [-0.1, -0.05) is 66.8 Å². The molecular formula is C34H43F3O. The molecule has 2 aromatic carbocycles. The highest BCUT2D eigenvalue weighted by Crippen LogP contribution is 2.40. The largest absolute Gasteiger partial charge is 0.391 e. The van der Waals surface area contributed by atoms with E-state index in [4.69, 9.17) is 4.74 Å². The monoisotopic (exact) mass is 524 g/mol. The van der Waals surface area contributed by atoms with Gasteiger partial charge in [0.2, 0.25) is 6.17 Å². The normalized spacial score (nSPS) is 25.4. The van der Waals surface area contributed by atoms with Gasteiger partial charge in [-0.05, 0) is 117 Å². The Kier molecular flexibility index (Phi) is 10.3. The molecule has 2 aliphatic rings. The molecule has 0 N–H and O–H groups in total. The van der Waals surface area contributed by atoms with Gasteiger partial charge in [0.1, 0.15) is 0 Å². The van der Waals surface area contributed by atoms with Crippen molar-refractivity contribution in [3.63, 3.8) is 0 Å².